The highest BCUT2D eigenvalue weighted by molar-refractivity contribution is 6.34. The van der Waals surface area contributed by atoms with Crippen LogP contribution < -0.4 is 15.2 Å². The molecule has 2 rings (SSSR count). The summed E-state index contributed by atoms with van der Waals surface area (Å²) in [5, 5.41) is 6.92. The number of rotatable bonds is 4. The average Bonchev–Trinajstić information content (AvgIpc) is 2.83. The quantitative estimate of drug-likeness (QED) is 0.838. The Labute approximate surface area is 114 Å². The molecule has 19 heavy (non-hydrogen) atoms. The van der Waals surface area contributed by atoms with Crippen LogP contribution in [0.25, 0.3) is 11.3 Å². The summed E-state index contributed by atoms with van der Waals surface area (Å²) in [5.74, 6) is 0.984. The molecule has 6 nitrogen and oxygen atoms in total. The maximum atomic E-state index is 11.0. The van der Waals surface area contributed by atoms with E-state index in [-0.39, 0.29) is 0 Å². The molecule has 1 heterocycles. The van der Waals surface area contributed by atoms with Crippen molar-refractivity contribution in [3.63, 3.8) is 0 Å². The molecular weight excluding hydrogens is 270 g/mol. The summed E-state index contributed by atoms with van der Waals surface area (Å²) in [6.07, 6.45) is 0.651. The van der Waals surface area contributed by atoms with Gasteiger partial charge in [0.2, 0.25) is 0 Å². The molecule has 0 aliphatic heterocycles. The first kappa shape index (κ1) is 13.2. The minimum atomic E-state index is 0.306. The lowest BCUT2D eigenvalue weighted by atomic mass is 10.1. The number of H-pyrrole nitrogens is 1. The summed E-state index contributed by atoms with van der Waals surface area (Å²) in [6.45, 7) is 0. The third-order valence-corrected chi connectivity index (χ3v) is 2.92. The van der Waals surface area contributed by atoms with Crippen molar-refractivity contribution in [1.82, 2.24) is 10.2 Å². The standard InChI is InChI=1S/C12H12ClN3O3/c1-18-11-6(5-17)3-7(13)10(12(11)19-2)8-4-9(14)16-15-8/h3-5H,1-2H3,(H3,14,15,16). The van der Waals surface area contributed by atoms with Gasteiger partial charge in [-0.3, -0.25) is 9.89 Å². The van der Waals surface area contributed by atoms with Crippen molar-refractivity contribution in [3.8, 4) is 22.8 Å². The summed E-state index contributed by atoms with van der Waals surface area (Å²) in [7, 11) is 2.91. The number of nitrogen functional groups attached to an aromatic ring is 1. The van der Waals surface area contributed by atoms with Crippen molar-refractivity contribution in [3.05, 3.63) is 22.7 Å². The second kappa shape index (κ2) is 5.19. The zero-order valence-corrected chi connectivity index (χ0v) is 11.1. The van der Waals surface area contributed by atoms with Crippen LogP contribution in [0.5, 0.6) is 11.5 Å². The van der Waals surface area contributed by atoms with E-state index < -0.39 is 0 Å². The first-order chi connectivity index (χ1) is 9.12. The lowest BCUT2D eigenvalue weighted by molar-refractivity contribution is 0.112. The molecule has 0 spiro atoms. The molecule has 1 aromatic carbocycles. The lowest BCUT2D eigenvalue weighted by Crippen LogP contribution is -1.98. The second-order valence-electron chi connectivity index (χ2n) is 3.71. The largest absolute Gasteiger partial charge is 0.492 e. The van der Waals surface area contributed by atoms with Gasteiger partial charge >= 0.3 is 0 Å². The van der Waals surface area contributed by atoms with Gasteiger partial charge in [-0.05, 0) is 6.07 Å². The van der Waals surface area contributed by atoms with Gasteiger partial charge < -0.3 is 15.2 Å². The smallest absolute Gasteiger partial charge is 0.172 e. The topological polar surface area (TPSA) is 90.2 Å². The van der Waals surface area contributed by atoms with Gasteiger partial charge in [0.05, 0.1) is 36.1 Å². The predicted octanol–water partition coefficient (Wildman–Crippen LogP) is 2.14. The molecule has 1 aromatic heterocycles. The summed E-state index contributed by atoms with van der Waals surface area (Å²) >= 11 is 6.18. The maximum absolute atomic E-state index is 11.0. The van der Waals surface area contributed by atoms with Gasteiger partial charge in [-0.2, -0.15) is 5.10 Å². The SMILES string of the molecule is COc1c(C=O)cc(Cl)c(-c2cc(N)n[nH]2)c1OC. The average molecular weight is 282 g/mol. The monoisotopic (exact) mass is 281 g/mol. The van der Waals surface area contributed by atoms with E-state index in [4.69, 9.17) is 26.8 Å². The normalized spacial score (nSPS) is 10.3. The zero-order chi connectivity index (χ0) is 14.0. The summed E-state index contributed by atoms with van der Waals surface area (Å²) in [6, 6.07) is 3.12. The number of hydrogen-bond donors (Lipinski definition) is 2. The number of aldehydes is 1. The van der Waals surface area contributed by atoms with Crippen LogP contribution in [-0.2, 0) is 0 Å². The number of halogens is 1. The highest BCUT2D eigenvalue weighted by Crippen LogP contribution is 2.44. The maximum Gasteiger partial charge on any atom is 0.172 e. The Morgan fingerprint density at radius 3 is 2.47 bits per heavy atom. The number of aromatic nitrogens is 2. The van der Waals surface area contributed by atoms with E-state index in [1.807, 2.05) is 0 Å². The number of benzene rings is 1. The lowest BCUT2D eigenvalue weighted by Gasteiger charge is -2.15. The van der Waals surface area contributed by atoms with E-state index in [0.29, 0.717) is 45.4 Å². The molecule has 7 heteroatoms. The molecule has 0 aliphatic rings. The van der Waals surface area contributed by atoms with Gasteiger partial charge in [0.25, 0.3) is 0 Å². The van der Waals surface area contributed by atoms with Crippen LogP contribution in [0.1, 0.15) is 10.4 Å². The van der Waals surface area contributed by atoms with Crippen LogP contribution in [0.2, 0.25) is 5.02 Å². The Hall–Kier alpha value is -2.21. The van der Waals surface area contributed by atoms with Gasteiger partial charge in [-0.25, -0.2) is 0 Å². The Kier molecular flexibility index (Phi) is 3.62. The first-order valence-electron chi connectivity index (χ1n) is 5.33. The van der Waals surface area contributed by atoms with Gasteiger partial charge in [-0.15, -0.1) is 0 Å². The molecule has 0 amide bonds. The molecule has 0 bridgehead atoms. The van der Waals surface area contributed by atoms with E-state index in [1.165, 1.54) is 20.3 Å². The van der Waals surface area contributed by atoms with Crippen LogP contribution >= 0.6 is 11.6 Å². The van der Waals surface area contributed by atoms with Gasteiger partial charge in [-0.1, -0.05) is 11.6 Å². The van der Waals surface area contributed by atoms with E-state index in [0.717, 1.165) is 0 Å². The highest BCUT2D eigenvalue weighted by Gasteiger charge is 2.21. The molecule has 0 fully saturated rings. The number of hydrogen-bond acceptors (Lipinski definition) is 5. The molecule has 0 saturated heterocycles. The van der Waals surface area contributed by atoms with Crippen molar-refractivity contribution >= 4 is 23.7 Å². The van der Waals surface area contributed by atoms with Crippen molar-refractivity contribution < 1.29 is 14.3 Å². The van der Waals surface area contributed by atoms with Crippen molar-refractivity contribution in [2.75, 3.05) is 20.0 Å². The Morgan fingerprint density at radius 2 is 2.00 bits per heavy atom. The summed E-state index contributed by atoms with van der Waals surface area (Å²) < 4.78 is 10.5. The van der Waals surface area contributed by atoms with Crippen LogP contribution in [0.15, 0.2) is 12.1 Å². The number of nitrogens with two attached hydrogens (primary N) is 1. The van der Waals surface area contributed by atoms with Crippen molar-refractivity contribution in [1.29, 1.82) is 0 Å². The molecule has 0 radical (unpaired) electrons. The van der Waals surface area contributed by atoms with Crippen LogP contribution in [0.3, 0.4) is 0 Å². The third-order valence-electron chi connectivity index (χ3n) is 2.62. The molecule has 3 N–H and O–H groups in total. The van der Waals surface area contributed by atoms with Crippen molar-refractivity contribution in [2.24, 2.45) is 0 Å². The Bertz CT molecular complexity index is 625. The third kappa shape index (κ3) is 2.22. The van der Waals surface area contributed by atoms with Gasteiger partial charge in [0.15, 0.2) is 17.8 Å². The number of nitrogens with zero attached hydrogens (tertiary/aromatic N) is 1. The van der Waals surface area contributed by atoms with E-state index in [9.17, 15) is 4.79 Å². The number of aromatic amines is 1. The molecule has 0 aliphatic carbocycles. The van der Waals surface area contributed by atoms with Gasteiger partial charge in [0, 0.05) is 6.07 Å². The molecule has 2 aromatic rings. The van der Waals surface area contributed by atoms with E-state index in [1.54, 1.807) is 6.07 Å². The Morgan fingerprint density at radius 1 is 1.32 bits per heavy atom. The Balaban J connectivity index is 2.76. The summed E-state index contributed by atoms with van der Waals surface area (Å²) in [4.78, 5) is 11.0. The van der Waals surface area contributed by atoms with Crippen LogP contribution in [-0.4, -0.2) is 30.7 Å². The van der Waals surface area contributed by atoms with Crippen molar-refractivity contribution in [2.45, 2.75) is 0 Å². The second-order valence-corrected chi connectivity index (χ2v) is 4.12. The molecule has 100 valence electrons. The number of carbonyl (C=O) groups is 1. The number of anilines is 1. The van der Waals surface area contributed by atoms with E-state index >= 15 is 0 Å². The fourth-order valence-electron chi connectivity index (χ4n) is 1.84. The zero-order valence-electron chi connectivity index (χ0n) is 10.4. The van der Waals surface area contributed by atoms with E-state index in [2.05, 4.69) is 10.2 Å². The fraction of sp³-hybridized carbons (Fsp3) is 0.167. The molecule has 0 unspecified atom stereocenters. The molecular formula is C12H12ClN3O3. The van der Waals surface area contributed by atoms with Gasteiger partial charge in [0.1, 0.15) is 5.82 Å². The van der Waals surface area contributed by atoms with Crippen LogP contribution in [0, 0.1) is 0 Å². The molecule has 0 atom stereocenters. The minimum Gasteiger partial charge on any atom is -0.492 e. The number of ether oxygens (including phenoxy) is 2. The summed E-state index contributed by atoms with van der Waals surface area (Å²) in [5.41, 5.74) is 6.99. The first-order valence-corrected chi connectivity index (χ1v) is 5.71. The minimum absolute atomic E-state index is 0.306. The predicted molar refractivity (Wildman–Crippen MR) is 71.9 cm³/mol. The fourth-order valence-corrected chi connectivity index (χ4v) is 2.14. The number of nitrogens with one attached hydrogen (secondary N) is 1. The number of carbonyl (C=O) groups excluding carboxylic acids is 1. The highest BCUT2D eigenvalue weighted by atomic mass is 35.5. The molecule has 0 saturated carbocycles. The van der Waals surface area contributed by atoms with Crippen LogP contribution in [0.4, 0.5) is 5.82 Å². The number of methoxy groups -OCH3 is 2.